The third-order valence-electron chi connectivity index (χ3n) is 2.04. The Balaban J connectivity index is 3.02. The minimum absolute atomic E-state index is 0.0435. The molecule has 0 aliphatic rings. The molecule has 0 saturated heterocycles. The van der Waals surface area contributed by atoms with E-state index in [0.717, 1.165) is 6.07 Å². The van der Waals surface area contributed by atoms with Crippen molar-refractivity contribution in [3.63, 3.8) is 0 Å². The molecule has 0 radical (unpaired) electrons. The number of nitrogens with zero attached hydrogens (tertiary/aromatic N) is 1. The highest BCUT2D eigenvalue weighted by atomic mass is 127. The molecule has 16 heavy (non-hydrogen) atoms. The maximum Gasteiger partial charge on any atom is 0.295 e. The maximum absolute atomic E-state index is 11.7. The topological polar surface area (TPSA) is 90.3 Å². The van der Waals surface area contributed by atoms with Crippen molar-refractivity contribution in [2.75, 3.05) is 0 Å². The number of benzene rings is 1. The highest BCUT2D eigenvalue weighted by Gasteiger charge is 2.16. The van der Waals surface area contributed by atoms with E-state index in [1.807, 2.05) is 0 Å². The number of fused-ring (bicyclic) bond motifs is 1. The summed E-state index contributed by atoms with van der Waals surface area (Å²) in [6, 6.07) is 4.08. The van der Waals surface area contributed by atoms with Crippen LogP contribution in [0.5, 0.6) is 5.75 Å². The summed E-state index contributed by atoms with van der Waals surface area (Å²) in [6.45, 7) is 0. The molecule has 0 amide bonds. The Labute approximate surface area is 105 Å². The summed E-state index contributed by atoms with van der Waals surface area (Å²) in [7, 11) is -4.35. The second kappa shape index (κ2) is 3.82. The quantitative estimate of drug-likeness (QED) is 0.616. The van der Waals surface area contributed by atoms with Gasteiger partial charge in [-0.25, -0.2) is 0 Å². The molecule has 5 nitrogen and oxygen atoms in total. The van der Waals surface area contributed by atoms with Crippen molar-refractivity contribution in [2.45, 2.75) is 4.90 Å². The van der Waals surface area contributed by atoms with E-state index in [4.69, 9.17) is 4.55 Å². The lowest BCUT2D eigenvalue weighted by atomic mass is 10.2. The third-order valence-corrected chi connectivity index (χ3v) is 3.74. The molecule has 1 aromatic heterocycles. The van der Waals surface area contributed by atoms with Gasteiger partial charge in [-0.1, -0.05) is 5.75 Å². The smallest absolute Gasteiger partial charge is 0.295 e. The van der Waals surface area contributed by atoms with Gasteiger partial charge in [-0.3, -0.25) is 9.54 Å². The number of aromatic nitrogens is 1. The summed E-state index contributed by atoms with van der Waals surface area (Å²) in [4.78, 5) is 3.53. The Bertz CT molecular complexity index is 669. The lowest BCUT2D eigenvalue weighted by molar-refractivity contribution is -0.267. The Morgan fingerprint density at radius 1 is 1.44 bits per heavy atom. The van der Waals surface area contributed by atoms with Crippen LogP contribution in [0.25, 0.3) is 10.9 Å². The summed E-state index contributed by atoms with van der Waals surface area (Å²) in [5.74, 6) is -0.344. The van der Waals surface area contributed by atoms with Gasteiger partial charge in [0.05, 0.1) is 5.52 Å². The van der Waals surface area contributed by atoms with Gasteiger partial charge in [0.25, 0.3) is 10.1 Å². The molecule has 7 heteroatoms. The van der Waals surface area contributed by atoms with E-state index in [0.29, 0.717) is 0 Å². The van der Waals surface area contributed by atoms with Crippen molar-refractivity contribution >= 4 is 43.6 Å². The van der Waals surface area contributed by atoms with Crippen LogP contribution in [0.15, 0.2) is 29.3 Å². The highest BCUT2D eigenvalue weighted by molar-refractivity contribution is 14.1. The van der Waals surface area contributed by atoms with E-state index < -0.39 is 10.1 Å². The van der Waals surface area contributed by atoms with Crippen LogP contribution in [-0.2, 0) is 10.1 Å². The molecular formula is C9H5INO4S-. The number of rotatable bonds is 1. The number of halogens is 1. The first-order valence-corrected chi connectivity index (χ1v) is 6.65. The summed E-state index contributed by atoms with van der Waals surface area (Å²) in [5.41, 5.74) is 0.0435. The Hall–Kier alpha value is -0.930. The summed E-state index contributed by atoms with van der Waals surface area (Å²) in [6.07, 6.45) is 1.40. The molecule has 0 bridgehead atoms. The molecular weight excluding hydrogens is 345 g/mol. The van der Waals surface area contributed by atoms with E-state index in [2.05, 4.69) is 4.98 Å². The van der Waals surface area contributed by atoms with E-state index in [9.17, 15) is 13.5 Å². The Morgan fingerprint density at radius 2 is 2.12 bits per heavy atom. The first-order valence-electron chi connectivity index (χ1n) is 4.13. The SMILES string of the molecule is O=S(=O)(O)c1cc(I)c([O-])c2ncccc12. The van der Waals surface area contributed by atoms with Gasteiger partial charge in [-0.05, 0) is 40.8 Å². The number of pyridine rings is 1. The summed E-state index contributed by atoms with van der Waals surface area (Å²) >= 11 is 1.71. The van der Waals surface area contributed by atoms with Gasteiger partial charge in [-0.15, -0.1) is 0 Å². The Morgan fingerprint density at radius 3 is 2.75 bits per heavy atom. The molecule has 0 atom stereocenters. The maximum atomic E-state index is 11.7. The molecule has 84 valence electrons. The van der Waals surface area contributed by atoms with Crippen molar-refractivity contribution in [2.24, 2.45) is 0 Å². The predicted molar refractivity (Wildman–Crippen MR) is 63.7 cm³/mol. The fourth-order valence-electron chi connectivity index (χ4n) is 1.37. The molecule has 0 aliphatic heterocycles. The molecule has 1 N–H and O–H groups in total. The largest absolute Gasteiger partial charge is 0.870 e. The molecule has 1 heterocycles. The zero-order valence-corrected chi connectivity index (χ0v) is 10.7. The van der Waals surface area contributed by atoms with Crippen molar-refractivity contribution < 1.29 is 18.1 Å². The second-order valence-electron chi connectivity index (χ2n) is 3.06. The molecule has 0 aliphatic carbocycles. The van der Waals surface area contributed by atoms with Crippen LogP contribution in [0.2, 0.25) is 0 Å². The third kappa shape index (κ3) is 1.85. The predicted octanol–water partition coefficient (Wildman–Crippen LogP) is 1.16. The van der Waals surface area contributed by atoms with Crippen LogP contribution < -0.4 is 5.11 Å². The van der Waals surface area contributed by atoms with Crippen molar-refractivity contribution in [1.29, 1.82) is 0 Å². The standard InChI is InChI=1S/C9H6INO4S/c10-6-4-7(16(13,14)15)5-2-1-3-11-8(5)9(6)12/h1-4,12H,(H,13,14,15)/p-1. The average molecular weight is 350 g/mol. The monoisotopic (exact) mass is 350 g/mol. The summed E-state index contributed by atoms with van der Waals surface area (Å²) in [5, 5.41) is 11.8. The molecule has 0 fully saturated rings. The molecule has 2 rings (SSSR count). The molecule has 0 unspecified atom stereocenters. The molecule has 0 spiro atoms. The first-order chi connectivity index (χ1) is 7.41. The van der Waals surface area contributed by atoms with Gasteiger partial charge < -0.3 is 5.11 Å². The minimum Gasteiger partial charge on any atom is -0.870 e. The van der Waals surface area contributed by atoms with Crippen LogP contribution in [0.4, 0.5) is 0 Å². The summed E-state index contributed by atoms with van der Waals surface area (Å²) < 4.78 is 31.5. The number of hydrogen-bond donors (Lipinski definition) is 1. The average Bonchev–Trinajstić information content (AvgIpc) is 2.22. The van der Waals surface area contributed by atoms with E-state index in [-0.39, 0.29) is 25.1 Å². The zero-order chi connectivity index (χ0) is 11.9. The van der Waals surface area contributed by atoms with Crippen molar-refractivity contribution in [1.82, 2.24) is 4.98 Å². The van der Waals surface area contributed by atoms with E-state index in [1.165, 1.54) is 18.3 Å². The minimum atomic E-state index is -4.35. The fourth-order valence-corrected chi connectivity index (χ4v) is 2.86. The Kier molecular flexibility index (Phi) is 2.76. The fraction of sp³-hybridized carbons (Fsp3) is 0. The van der Waals surface area contributed by atoms with Crippen LogP contribution >= 0.6 is 22.6 Å². The van der Waals surface area contributed by atoms with Crippen LogP contribution in [-0.4, -0.2) is 18.0 Å². The van der Waals surface area contributed by atoms with Gasteiger partial charge in [-0.2, -0.15) is 8.42 Å². The van der Waals surface area contributed by atoms with Gasteiger partial charge >= 0.3 is 0 Å². The van der Waals surface area contributed by atoms with Gasteiger partial charge in [0.1, 0.15) is 4.90 Å². The van der Waals surface area contributed by atoms with Crippen LogP contribution in [0.3, 0.4) is 0 Å². The number of hydrogen-bond acceptors (Lipinski definition) is 4. The van der Waals surface area contributed by atoms with Crippen LogP contribution in [0, 0.1) is 3.57 Å². The van der Waals surface area contributed by atoms with Gasteiger partial charge in [0.2, 0.25) is 0 Å². The van der Waals surface area contributed by atoms with Crippen molar-refractivity contribution in [3.05, 3.63) is 28.0 Å². The normalized spacial score (nSPS) is 11.9. The highest BCUT2D eigenvalue weighted by Crippen LogP contribution is 2.31. The molecule has 1 aromatic carbocycles. The van der Waals surface area contributed by atoms with Gasteiger partial charge in [0, 0.05) is 15.2 Å². The van der Waals surface area contributed by atoms with Crippen LogP contribution in [0.1, 0.15) is 0 Å². The lowest BCUT2D eigenvalue weighted by Crippen LogP contribution is -2.04. The zero-order valence-electron chi connectivity index (χ0n) is 7.71. The lowest BCUT2D eigenvalue weighted by Gasteiger charge is -2.14. The molecule has 2 aromatic rings. The van der Waals surface area contributed by atoms with E-state index >= 15 is 0 Å². The second-order valence-corrected chi connectivity index (χ2v) is 5.61. The molecule has 0 saturated carbocycles. The van der Waals surface area contributed by atoms with Crippen molar-refractivity contribution in [3.8, 4) is 5.75 Å². The van der Waals surface area contributed by atoms with E-state index in [1.54, 1.807) is 22.6 Å². The van der Waals surface area contributed by atoms with Gasteiger partial charge in [0.15, 0.2) is 0 Å². The first kappa shape index (κ1) is 11.6.